The number of benzene rings is 1. The first-order valence-corrected chi connectivity index (χ1v) is 8.09. The van der Waals surface area contributed by atoms with Crippen LogP contribution in [0.5, 0.6) is 0 Å². The molecule has 0 bridgehead atoms. The predicted molar refractivity (Wildman–Crippen MR) is 86.4 cm³/mol. The third-order valence-electron chi connectivity index (χ3n) is 4.42. The fourth-order valence-corrected chi connectivity index (χ4v) is 3.16. The Kier molecular flexibility index (Phi) is 6.24. The molecule has 1 aromatic rings. The van der Waals surface area contributed by atoms with Crippen LogP contribution in [0.2, 0.25) is 0 Å². The second-order valence-corrected chi connectivity index (χ2v) is 6.16. The lowest BCUT2D eigenvalue weighted by Gasteiger charge is -2.23. The lowest BCUT2D eigenvalue weighted by molar-refractivity contribution is -0.126. The Morgan fingerprint density at radius 1 is 1.33 bits per heavy atom. The van der Waals surface area contributed by atoms with Gasteiger partial charge in [0, 0.05) is 12.8 Å². The standard InChI is InChI=1S/C18H27NO2/c1-14-7-6-10-16(13-14)19-18(20)17(21-2)12-11-15-8-4-3-5-9-15/h6-7,10,13,15,17H,3-5,8-9,11-12H2,1-2H3,(H,19,20). The van der Waals surface area contributed by atoms with E-state index in [1.807, 2.05) is 31.2 Å². The summed E-state index contributed by atoms with van der Waals surface area (Å²) in [7, 11) is 1.63. The Labute approximate surface area is 128 Å². The third-order valence-corrected chi connectivity index (χ3v) is 4.42. The number of anilines is 1. The maximum atomic E-state index is 12.3. The highest BCUT2D eigenvalue weighted by Crippen LogP contribution is 2.28. The summed E-state index contributed by atoms with van der Waals surface area (Å²) in [5.41, 5.74) is 1.99. The Morgan fingerprint density at radius 2 is 2.10 bits per heavy atom. The minimum Gasteiger partial charge on any atom is -0.372 e. The zero-order chi connectivity index (χ0) is 15.1. The predicted octanol–water partition coefficient (Wildman–Crippen LogP) is 4.31. The summed E-state index contributed by atoms with van der Waals surface area (Å²) in [4.78, 5) is 12.3. The summed E-state index contributed by atoms with van der Waals surface area (Å²) in [6.07, 6.45) is 8.27. The van der Waals surface area contributed by atoms with Crippen LogP contribution in [0.4, 0.5) is 5.69 Å². The zero-order valence-corrected chi connectivity index (χ0v) is 13.2. The highest BCUT2D eigenvalue weighted by Gasteiger charge is 2.21. The molecule has 0 aliphatic heterocycles. The molecule has 1 aliphatic carbocycles. The van der Waals surface area contributed by atoms with E-state index in [9.17, 15) is 4.79 Å². The van der Waals surface area contributed by atoms with Gasteiger partial charge in [-0.1, -0.05) is 44.2 Å². The molecule has 1 N–H and O–H groups in total. The quantitative estimate of drug-likeness (QED) is 0.847. The van der Waals surface area contributed by atoms with Crippen LogP contribution in [-0.2, 0) is 9.53 Å². The van der Waals surface area contributed by atoms with Gasteiger partial charge in [0.2, 0.25) is 0 Å². The monoisotopic (exact) mass is 289 g/mol. The SMILES string of the molecule is COC(CCC1CCCCC1)C(=O)Nc1cccc(C)c1. The van der Waals surface area contributed by atoms with Gasteiger partial charge >= 0.3 is 0 Å². The first-order chi connectivity index (χ1) is 10.2. The van der Waals surface area contributed by atoms with Crippen LogP contribution in [0.3, 0.4) is 0 Å². The van der Waals surface area contributed by atoms with Gasteiger partial charge in [-0.05, 0) is 43.4 Å². The third kappa shape index (κ3) is 5.16. The van der Waals surface area contributed by atoms with Crippen molar-refractivity contribution in [1.82, 2.24) is 0 Å². The molecule has 0 radical (unpaired) electrons. The van der Waals surface area contributed by atoms with Gasteiger partial charge in [0.05, 0.1) is 0 Å². The van der Waals surface area contributed by atoms with Gasteiger partial charge in [-0.3, -0.25) is 4.79 Å². The summed E-state index contributed by atoms with van der Waals surface area (Å²) in [5, 5.41) is 2.96. The van der Waals surface area contributed by atoms with Gasteiger partial charge in [-0.2, -0.15) is 0 Å². The Bertz CT molecular complexity index is 452. The molecule has 1 amide bonds. The zero-order valence-electron chi connectivity index (χ0n) is 13.2. The molecule has 0 spiro atoms. The summed E-state index contributed by atoms with van der Waals surface area (Å²) >= 11 is 0. The van der Waals surface area contributed by atoms with E-state index >= 15 is 0 Å². The number of amides is 1. The number of nitrogens with one attached hydrogen (secondary N) is 1. The molecular weight excluding hydrogens is 262 g/mol. The van der Waals surface area contributed by atoms with Crippen molar-refractivity contribution in [2.24, 2.45) is 5.92 Å². The molecule has 3 nitrogen and oxygen atoms in total. The van der Waals surface area contributed by atoms with Gasteiger partial charge in [0.1, 0.15) is 6.10 Å². The summed E-state index contributed by atoms with van der Waals surface area (Å²) in [5.74, 6) is 0.752. The van der Waals surface area contributed by atoms with Crippen LogP contribution < -0.4 is 5.32 Å². The number of carbonyl (C=O) groups is 1. The van der Waals surface area contributed by atoms with Crippen molar-refractivity contribution in [3.63, 3.8) is 0 Å². The van der Waals surface area contributed by atoms with Crippen molar-refractivity contribution in [2.75, 3.05) is 12.4 Å². The molecule has 21 heavy (non-hydrogen) atoms. The maximum Gasteiger partial charge on any atom is 0.253 e. The molecule has 0 aromatic heterocycles. The molecule has 2 rings (SSSR count). The summed E-state index contributed by atoms with van der Waals surface area (Å²) in [6.45, 7) is 2.02. The molecule has 1 unspecified atom stereocenters. The van der Waals surface area contributed by atoms with Crippen molar-refractivity contribution in [2.45, 2.75) is 58.0 Å². The van der Waals surface area contributed by atoms with Crippen LogP contribution in [0.25, 0.3) is 0 Å². The summed E-state index contributed by atoms with van der Waals surface area (Å²) in [6, 6.07) is 7.87. The molecule has 116 valence electrons. The van der Waals surface area contributed by atoms with Gasteiger partial charge in [-0.25, -0.2) is 0 Å². The van der Waals surface area contributed by atoms with E-state index < -0.39 is 0 Å². The fourth-order valence-electron chi connectivity index (χ4n) is 3.16. The van der Waals surface area contributed by atoms with Crippen LogP contribution in [0.1, 0.15) is 50.5 Å². The number of ether oxygens (including phenoxy) is 1. The van der Waals surface area contributed by atoms with Gasteiger partial charge in [-0.15, -0.1) is 0 Å². The highest BCUT2D eigenvalue weighted by molar-refractivity contribution is 5.94. The van der Waals surface area contributed by atoms with E-state index in [-0.39, 0.29) is 12.0 Å². The van der Waals surface area contributed by atoms with Crippen LogP contribution in [0.15, 0.2) is 24.3 Å². The number of methoxy groups -OCH3 is 1. The normalized spacial score (nSPS) is 17.4. The van der Waals surface area contributed by atoms with Gasteiger partial charge in [0.25, 0.3) is 5.91 Å². The number of hydrogen-bond donors (Lipinski definition) is 1. The second-order valence-electron chi connectivity index (χ2n) is 6.16. The van der Waals surface area contributed by atoms with Gasteiger partial charge < -0.3 is 10.1 Å². The Hall–Kier alpha value is -1.35. The number of rotatable bonds is 6. The molecule has 3 heteroatoms. The maximum absolute atomic E-state index is 12.3. The van der Waals surface area contributed by atoms with Crippen LogP contribution >= 0.6 is 0 Å². The van der Waals surface area contributed by atoms with E-state index in [2.05, 4.69) is 5.32 Å². The second kappa shape index (κ2) is 8.18. The van der Waals surface area contributed by atoms with Crippen molar-refractivity contribution in [1.29, 1.82) is 0 Å². The smallest absolute Gasteiger partial charge is 0.253 e. The molecule has 1 atom stereocenters. The Morgan fingerprint density at radius 3 is 2.76 bits per heavy atom. The lowest BCUT2D eigenvalue weighted by Crippen LogP contribution is -2.30. The topological polar surface area (TPSA) is 38.3 Å². The fraction of sp³-hybridized carbons (Fsp3) is 0.611. The van der Waals surface area contributed by atoms with E-state index in [1.165, 1.54) is 32.1 Å². The molecule has 1 saturated carbocycles. The van der Waals surface area contributed by atoms with Crippen molar-refractivity contribution < 1.29 is 9.53 Å². The lowest BCUT2D eigenvalue weighted by atomic mass is 9.85. The van der Waals surface area contributed by atoms with Crippen molar-refractivity contribution in [3.05, 3.63) is 29.8 Å². The molecule has 0 saturated heterocycles. The van der Waals surface area contributed by atoms with Crippen LogP contribution in [-0.4, -0.2) is 19.1 Å². The Balaban J connectivity index is 1.83. The highest BCUT2D eigenvalue weighted by atomic mass is 16.5. The number of hydrogen-bond acceptors (Lipinski definition) is 2. The first kappa shape index (κ1) is 16.0. The van der Waals surface area contributed by atoms with E-state index in [1.54, 1.807) is 7.11 Å². The molecule has 1 fully saturated rings. The minimum atomic E-state index is -0.340. The summed E-state index contributed by atoms with van der Waals surface area (Å²) < 4.78 is 5.39. The van der Waals surface area contributed by atoms with E-state index in [0.717, 1.165) is 30.0 Å². The first-order valence-electron chi connectivity index (χ1n) is 8.09. The number of aryl methyl sites for hydroxylation is 1. The number of carbonyl (C=O) groups excluding carboxylic acids is 1. The molecule has 1 aliphatic rings. The van der Waals surface area contributed by atoms with Gasteiger partial charge in [0.15, 0.2) is 0 Å². The molecule has 1 aromatic carbocycles. The van der Waals surface area contributed by atoms with E-state index in [4.69, 9.17) is 4.74 Å². The molecular formula is C18H27NO2. The van der Waals surface area contributed by atoms with Crippen LogP contribution in [0, 0.1) is 12.8 Å². The van der Waals surface area contributed by atoms with Crippen molar-refractivity contribution in [3.8, 4) is 0 Å². The largest absolute Gasteiger partial charge is 0.372 e. The minimum absolute atomic E-state index is 0.0288. The average Bonchev–Trinajstić information content (AvgIpc) is 2.49. The van der Waals surface area contributed by atoms with Crippen molar-refractivity contribution >= 4 is 11.6 Å². The van der Waals surface area contributed by atoms with E-state index in [0.29, 0.717) is 0 Å². The average molecular weight is 289 g/mol. The molecule has 0 heterocycles.